The van der Waals surface area contributed by atoms with Crippen molar-refractivity contribution in [2.24, 2.45) is 0 Å². The van der Waals surface area contributed by atoms with Gasteiger partial charge in [0.2, 0.25) is 5.91 Å². The second kappa shape index (κ2) is 7.05. The van der Waals surface area contributed by atoms with Gasteiger partial charge in [0.05, 0.1) is 0 Å². The van der Waals surface area contributed by atoms with E-state index in [1.54, 1.807) is 24.3 Å². The van der Waals surface area contributed by atoms with Crippen LogP contribution in [0.15, 0.2) is 24.3 Å². The van der Waals surface area contributed by atoms with E-state index in [2.05, 4.69) is 5.32 Å². The van der Waals surface area contributed by atoms with Crippen LogP contribution in [0.1, 0.15) is 36.0 Å². The molecule has 2 N–H and O–H groups in total. The monoisotopic (exact) mass is 276 g/mol. The summed E-state index contributed by atoms with van der Waals surface area (Å²) in [5.74, 6) is -0.0710. The fourth-order valence-electron chi connectivity index (χ4n) is 2.26. The molecule has 0 aliphatic carbocycles. The number of likely N-dealkylation sites (tertiary alicyclic amines) is 1. The number of aliphatic hydroxyl groups excluding tert-OH is 1. The molecule has 1 fully saturated rings. The Morgan fingerprint density at radius 3 is 2.40 bits per heavy atom. The Hall–Kier alpha value is -1.88. The van der Waals surface area contributed by atoms with Crippen molar-refractivity contribution in [3.63, 3.8) is 0 Å². The van der Waals surface area contributed by atoms with E-state index in [1.165, 1.54) is 0 Å². The van der Waals surface area contributed by atoms with Crippen LogP contribution in [0.3, 0.4) is 0 Å². The molecule has 20 heavy (non-hydrogen) atoms. The van der Waals surface area contributed by atoms with Gasteiger partial charge in [0.25, 0.3) is 5.91 Å². The molecular formula is C15H20N2O3. The lowest BCUT2D eigenvalue weighted by atomic mass is 10.2. The summed E-state index contributed by atoms with van der Waals surface area (Å²) < 4.78 is 0. The van der Waals surface area contributed by atoms with E-state index >= 15 is 0 Å². The van der Waals surface area contributed by atoms with Crippen LogP contribution in [0.2, 0.25) is 0 Å². The summed E-state index contributed by atoms with van der Waals surface area (Å²) in [7, 11) is 0. The molecule has 1 aliphatic rings. The average Bonchev–Trinajstić information content (AvgIpc) is 2.99. The molecule has 0 aromatic heterocycles. The number of benzene rings is 1. The van der Waals surface area contributed by atoms with Crippen molar-refractivity contribution in [1.82, 2.24) is 4.90 Å². The second-order valence-electron chi connectivity index (χ2n) is 4.95. The maximum absolute atomic E-state index is 12.1. The number of nitrogens with one attached hydrogen (secondary N) is 1. The lowest BCUT2D eigenvalue weighted by molar-refractivity contribution is -0.116. The van der Waals surface area contributed by atoms with Crippen LogP contribution < -0.4 is 5.32 Å². The van der Waals surface area contributed by atoms with Crippen molar-refractivity contribution < 1.29 is 14.7 Å². The van der Waals surface area contributed by atoms with Crippen LogP contribution in [0, 0.1) is 0 Å². The molecule has 0 atom stereocenters. The highest BCUT2D eigenvalue weighted by atomic mass is 16.3. The minimum absolute atomic E-state index is 0.0106. The van der Waals surface area contributed by atoms with Crippen molar-refractivity contribution in [1.29, 1.82) is 0 Å². The topological polar surface area (TPSA) is 69.6 Å². The number of rotatable bonds is 5. The highest BCUT2D eigenvalue weighted by Crippen LogP contribution is 2.15. The molecule has 0 unspecified atom stereocenters. The number of aliphatic hydroxyl groups is 1. The van der Waals surface area contributed by atoms with E-state index < -0.39 is 0 Å². The van der Waals surface area contributed by atoms with Crippen LogP contribution in [0.4, 0.5) is 5.69 Å². The van der Waals surface area contributed by atoms with E-state index in [0.717, 1.165) is 25.9 Å². The fraction of sp³-hybridized carbons (Fsp3) is 0.467. The third-order valence-electron chi connectivity index (χ3n) is 3.37. The maximum Gasteiger partial charge on any atom is 0.253 e. The van der Waals surface area contributed by atoms with Crippen molar-refractivity contribution in [2.45, 2.75) is 25.7 Å². The normalized spacial score (nSPS) is 14.3. The van der Waals surface area contributed by atoms with Crippen molar-refractivity contribution in [2.75, 3.05) is 25.0 Å². The van der Waals surface area contributed by atoms with Gasteiger partial charge in [-0.05, 0) is 43.5 Å². The van der Waals surface area contributed by atoms with Crippen LogP contribution in [-0.4, -0.2) is 41.5 Å². The van der Waals surface area contributed by atoms with Crippen molar-refractivity contribution in [3.8, 4) is 0 Å². The highest BCUT2D eigenvalue weighted by Gasteiger charge is 2.19. The van der Waals surface area contributed by atoms with Gasteiger partial charge in [-0.2, -0.15) is 0 Å². The zero-order valence-corrected chi connectivity index (χ0v) is 11.5. The number of carbonyl (C=O) groups excluding carboxylic acids is 2. The number of anilines is 1. The fourth-order valence-corrected chi connectivity index (χ4v) is 2.26. The van der Waals surface area contributed by atoms with Gasteiger partial charge in [-0.25, -0.2) is 0 Å². The Morgan fingerprint density at radius 1 is 1.15 bits per heavy atom. The predicted octanol–water partition coefficient (Wildman–Crippen LogP) is 1.63. The Morgan fingerprint density at radius 2 is 1.80 bits per heavy atom. The Kier molecular flexibility index (Phi) is 5.12. The highest BCUT2D eigenvalue weighted by molar-refractivity contribution is 5.95. The van der Waals surface area contributed by atoms with E-state index in [4.69, 9.17) is 5.11 Å². The van der Waals surface area contributed by atoms with E-state index in [1.807, 2.05) is 4.90 Å². The molecule has 1 aromatic carbocycles. The lowest BCUT2D eigenvalue weighted by Gasteiger charge is -2.15. The second-order valence-corrected chi connectivity index (χ2v) is 4.95. The number of amides is 2. The minimum Gasteiger partial charge on any atom is -0.396 e. The van der Waals surface area contributed by atoms with Gasteiger partial charge >= 0.3 is 0 Å². The molecule has 5 heteroatoms. The molecule has 1 aromatic rings. The third kappa shape index (κ3) is 3.81. The van der Waals surface area contributed by atoms with Gasteiger partial charge in [0.15, 0.2) is 0 Å². The summed E-state index contributed by atoms with van der Waals surface area (Å²) in [6.45, 7) is 1.67. The van der Waals surface area contributed by atoms with Crippen LogP contribution >= 0.6 is 0 Å². The Balaban J connectivity index is 1.92. The van der Waals surface area contributed by atoms with Crippen LogP contribution in [-0.2, 0) is 4.79 Å². The molecule has 2 amide bonds. The van der Waals surface area contributed by atoms with E-state index in [9.17, 15) is 9.59 Å². The van der Waals surface area contributed by atoms with E-state index in [-0.39, 0.29) is 18.4 Å². The molecule has 2 rings (SSSR count). The first-order valence-electron chi connectivity index (χ1n) is 7.01. The zero-order valence-electron chi connectivity index (χ0n) is 11.5. The molecular weight excluding hydrogens is 256 g/mol. The molecule has 0 saturated carbocycles. The summed E-state index contributed by atoms with van der Waals surface area (Å²) in [6, 6.07) is 6.95. The van der Waals surface area contributed by atoms with Crippen LogP contribution in [0.5, 0.6) is 0 Å². The largest absolute Gasteiger partial charge is 0.396 e. The molecule has 1 saturated heterocycles. The molecule has 5 nitrogen and oxygen atoms in total. The quantitative estimate of drug-likeness (QED) is 0.859. The Labute approximate surface area is 118 Å². The van der Waals surface area contributed by atoms with Gasteiger partial charge in [-0.3, -0.25) is 9.59 Å². The van der Waals surface area contributed by atoms with Gasteiger partial charge in [-0.1, -0.05) is 0 Å². The number of hydrogen-bond donors (Lipinski definition) is 2. The molecule has 1 heterocycles. The first-order valence-corrected chi connectivity index (χ1v) is 7.01. The number of nitrogens with zero attached hydrogens (tertiary/aromatic N) is 1. The van der Waals surface area contributed by atoms with Gasteiger partial charge in [-0.15, -0.1) is 0 Å². The summed E-state index contributed by atoms with van der Waals surface area (Å²) in [5.41, 5.74) is 1.33. The minimum atomic E-state index is -0.127. The first kappa shape index (κ1) is 14.5. The van der Waals surface area contributed by atoms with Gasteiger partial charge < -0.3 is 15.3 Å². The van der Waals surface area contributed by atoms with Crippen LogP contribution in [0.25, 0.3) is 0 Å². The maximum atomic E-state index is 12.1. The van der Waals surface area contributed by atoms with Gasteiger partial charge in [0.1, 0.15) is 0 Å². The molecule has 108 valence electrons. The van der Waals surface area contributed by atoms with Gasteiger partial charge in [0, 0.05) is 37.4 Å². The predicted molar refractivity (Wildman–Crippen MR) is 76.5 cm³/mol. The smallest absolute Gasteiger partial charge is 0.253 e. The molecule has 0 spiro atoms. The summed E-state index contributed by atoms with van der Waals surface area (Å²) in [4.78, 5) is 25.5. The Bertz CT molecular complexity index is 465. The summed E-state index contributed by atoms with van der Waals surface area (Å²) in [5, 5.41) is 11.4. The lowest BCUT2D eigenvalue weighted by Crippen LogP contribution is -2.27. The number of hydrogen-bond acceptors (Lipinski definition) is 3. The standard InChI is InChI=1S/C15H20N2O3/c18-11-3-4-14(19)16-13-7-5-12(6-8-13)15(20)17-9-1-2-10-17/h5-8,18H,1-4,9-11H2,(H,16,19). The summed E-state index contributed by atoms with van der Waals surface area (Å²) in [6.07, 6.45) is 2.90. The molecule has 0 radical (unpaired) electrons. The first-order chi connectivity index (χ1) is 9.70. The molecule has 1 aliphatic heterocycles. The van der Waals surface area contributed by atoms with E-state index in [0.29, 0.717) is 24.1 Å². The number of carbonyl (C=O) groups is 2. The van der Waals surface area contributed by atoms with Crippen molar-refractivity contribution in [3.05, 3.63) is 29.8 Å². The van der Waals surface area contributed by atoms with Crippen molar-refractivity contribution >= 4 is 17.5 Å². The SMILES string of the molecule is O=C(CCCO)Nc1ccc(C(=O)N2CCCC2)cc1. The molecule has 0 bridgehead atoms. The average molecular weight is 276 g/mol. The summed E-state index contributed by atoms with van der Waals surface area (Å²) >= 11 is 0. The zero-order chi connectivity index (χ0) is 14.4. The third-order valence-corrected chi connectivity index (χ3v) is 3.37.